The van der Waals surface area contributed by atoms with Crippen molar-refractivity contribution in [3.63, 3.8) is 0 Å². The van der Waals surface area contributed by atoms with Gasteiger partial charge in [-0.3, -0.25) is 0 Å². The molecular formula is C72H43F2N3O. The molecule has 0 aliphatic heterocycles. The molecule has 4 nitrogen and oxygen atoms in total. The summed E-state index contributed by atoms with van der Waals surface area (Å²) in [7, 11) is 0. The predicted octanol–water partition coefficient (Wildman–Crippen LogP) is 19.8. The minimum absolute atomic E-state index is 0.252. The second-order valence-electron chi connectivity index (χ2n) is 20.4. The van der Waals surface area contributed by atoms with Crippen molar-refractivity contribution >= 4 is 87.4 Å². The van der Waals surface area contributed by atoms with Crippen LogP contribution in [0, 0.1) is 11.6 Å². The summed E-state index contributed by atoms with van der Waals surface area (Å²) in [6.07, 6.45) is 0. The zero-order chi connectivity index (χ0) is 51.6. The van der Waals surface area contributed by atoms with Gasteiger partial charge in [-0.2, -0.15) is 0 Å². The quantitative estimate of drug-likeness (QED) is 0.156. The van der Waals surface area contributed by atoms with Crippen molar-refractivity contribution in [3.8, 4) is 61.6 Å². The summed E-state index contributed by atoms with van der Waals surface area (Å²) in [5, 5.41) is 8.94. The van der Waals surface area contributed by atoms with Crippen molar-refractivity contribution in [2.24, 2.45) is 0 Å². The molecule has 0 atom stereocenters. The summed E-state index contributed by atoms with van der Waals surface area (Å²) >= 11 is 0. The van der Waals surface area contributed by atoms with Crippen LogP contribution in [-0.4, -0.2) is 13.7 Å². The molecule has 78 heavy (non-hydrogen) atoms. The first kappa shape index (κ1) is 44.0. The van der Waals surface area contributed by atoms with Gasteiger partial charge in [-0.1, -0.05) is 115 Å². The SMILES string of the molecule is Fc1ccc(-c2ccc3c(c2)c2cc(-c4ccc5c(c4)c4cc(-c6ccc7c(c6)c6cc(-c8ccc(F)cc8)ccc6n7-c6ccccc6)ccc4n5-c4ccc5oc6ccccc6c5c4)ccc2n3-c2ccccc2)cc1. The first-order chi connectivity index (χ1) is 38.5. The molecule has 0 radical (unpaired) electrons. The fourth-order valence-corrected chi connectivity index (χ4v) is 12.3. The Morgan fingerprint density at radius 3 is 0.910 bits per heavy atom. The van der Waals surface area contributed by atoms with Crippen LogP contribution in [0.4, 0.5) is 8.78 Å². The molecule has 4 heterocycles. The minimum atomic E-state index is -0.252. The Bertz CT molecular complexity index is 4820. The lowest BCUT2D eigenvalue weighted by Gasteiger charge is -2.10. The predicted molar refractivity (Wildman–Crippen MR) is 318 cm³/mol. The molecule has 4 aromatic heterocycles. The van der Waals surface area contributed by atoms with Gasteiger partial charge in [0.15, 0.2) is 0 Å². The lowest BCUT2D eigenvalue weighted by atomic mass is 9.97. The summed E-state index contributed by atoms with van der Waals surface area (Å²) in [4.78, 5) is 0. The summed E-state index contributed by atoms with van der Waals surface area (Å²) in [6.45, 7) is 0. The molecule has 0 N–H and O–H groups in total. The number of rotatable bonds is 7. The highest BCUT2D eigenvalue weighted by Gasteiger charge is 2.20. The van der Waals surface area contributed by atoms with Crippen molar-refractivity contribution in [2.75, 3.05) is 0 Å². The molecule has 366 valence electrons. The molecule has 16 aromatic rings. The number of benzene rings is 12. The molecular weight excluding hydrogens is 961 g/mol. The first-order valence-corrected chi connectivity index (χ1v) is 26.3. The van der Waals surface area contributed by atoms with Crippen molar-refractivity contribution in [1.82, 2.24) is 13.7 Å². The Balaban J connectivity index is 0.902. The topological polar surface area (TPSA) is 27.9 Å². The third kappa shape index (κ3) is 6.90. The van der Waals surface area contributed by atoms with Gasteiger partial charge in [0, 0.05) is 60.2 Å². The van der Waals surface area contributed by atoms with E-state index in [2.05, 4.69) is 202 Å². The average Bonchev–Trinajstić information content (AvgIpc) is 4.43. The van der Waals surface area contributed by atoms with Crippen LogP contribution in [0.3, 0.4) is 0 Å². The number of halogens is 2. The number of nitrogens with zero attached hydrogens (tertiary/aromatic N) is 3. The van der Waals surface area contributed by atoms with Gasteiger partial charge in [0.25, 0.3) is 0 Å². The van der Waals surface area contributed by atoms with E-state index in [4.69, 9.17) is 4.42 Å². The van der Waals surface area contributed by atoms with Crippen LogP contribution in [0.5, 0.6) is 0 Å². The molecule has 0 aliphatic rings. The number of aromatic nitrogens is 3. The van der Waals surface area contributed by atoms with Crippen molar-refractivity contribution in [3.05, 3.63) is 272 Å². The van der Waals surface area contributed by atoms with E-state index in [1.54, 1.807) is 0 Å². The fraction of sp³-hybridized carbons (Fsp3) is 0. The van der Waals surface area contributed by atoms with Gasteiger partial charge in [-0.15, -0.1) is 0 Å². The number of hydrogen-bond acceptors (Lipinski definition) is 1. The average molecular weight is 1000 g/mol. The summed E-state index contributed by atoms with van der Waals surface area (Å²) in [5.74, 6) is -0.504. The zero-order valence-corrected chi connectivity index (χ0v) is 41.8. The highest BCUT2D eigenvalue weighted by Crippen LogP contribution is 2.43. The van der Waals surface area contributed by atoms with E-state index in [1.165, 1.54) is 24.3 Å². The van der Waals surface area contributed by atoms with Crippen LogP contribution in [-0.2, 0) is 0 Å². The zero-order valence-electron chi connectivity index (χ0n) is 41.8. The third-order valence-electron chi connectivity index (χ3n) is 16.0. The van der Waals surface area contributed by atoms with Gasteiger partial charge in [0.05, 0.1) is 33.1 Å². The molecule has 0 fully saturated rings. The number of hydrogen-bond donors (Lipinski definition) is 0. The number of para-hydroxylation sites is 3. The Labute approximate surface area is 446 Å². The van der Waals surface area contributed by atoms with E-state index in [0.29, 0.717) is 0 Å². The summed E-state index contributed by atoms with van der Waals surface area (Å²) < 4.78 is 41.6. The first-order valence-electron chi connectivity index (χ1n) is 26.3. The third-order valence-corrected chi connectivity index (χ3v) is 16.0. The number of fused-ring (bicyclic) bond motifs is 12. The molecule has 0 saturated heterocycles. The van der Waals surface area contributed by atoms with E-state index in [0.717, 1.165) is 149 Å². The molecule has 0 amide bonds. The maximum Gasteiger partial charge on any atom is 0.135 e. The molecule has 0 aliphatic carbocycles. The molecule has 0 unspecified atom stereocenters. The summed E-state index contributed by atoms with van der Waals surface area (Å²) in [6, 6.07) is 89.8. The molecule has 6 heteroatoms. The lowest BCUT2D eigenvalue weighted by Crippen LogP contribution is -1.94. The maximum atomic E-state index is 14.1. The fourth-order valence-electron chi connectivity index (χ4n) is 12.3. The van der Waals surface area contributed by atoms with E-state index in [1.807, 2.05) is 48.5 Å². The minimum Gasteiger partial charge on any atom is -0.456 e. The van der Waals surface area contributed by atoms with E-state index in [-0.39, 0.29) is 11.6 Å². The summed E-state index contributed by atoms with van der Waals surface area (Å²) in [5.41, 5.74) is 20.0. The highest BCUT2D eigenvalue weighted by atomic mass is 19.1. The van der Waals surface area contributed by atoms with Crippen molar-refractivity contribution < 1.29 is 13.2 Å². The Morgan fingerprint density at radius 2 is 0.526 bits per heavy atom. The van der Waals surface area contributed by atoms with Crippen LogP contribution in [0.25, 0.3) is 149 Å². The second kappa shape index (κ2) is 17.1. The van der Waals surface area contributed by atoms with E-state index >= 15 is 0 Å². The van der Waals surface area contributed by atoms with Crippen LogP contribution in [0.1, 0.15) is 0 Å². The molecule has 0 spiro atoms. The monoisotopic (exact) mass is 1000 g/mol. The highest BCUT2D eigenvalue weighted by molar-refractivity contribution is 6.16. The van der Waals surface area contributed by atoms with Gasteiger partial charge in [-0.25, -0.2) is 8.78 Å². The van der Waals surface area contributed by atoms with Gasteiger partial charge >= 0.3 is 0 Å². The van der Waals surface area contributed by atoms with Gasteiger partial charge in [-0.05, 0) is 190 Å². The largest absolute Gasteiger partial charge is 0.456 e. The van der Waals surface area contributed by atoms with E-state index < -0.39 is 0 Å². The van der Waals surface area contributed by atoms with Crippen LogP contribution < -0.4 is 0 Å². The Morgan fingerprint density at radius 1 is 0.218 bits per heavy atom. The number of furan rings is 1. The Hall–Kier alpha value is -10.3. The van der Waals surface area contributed by atoms with Crippen LogP contribution in [0.2, 0.25) is 0 Å². The van der Waals surface area contributed by atoms with Crippen molar-refractivity contribution in [1.29, 1.82) is 0 Å². The van der Waals surface area contributed by atoms with Gasteiger partial charge in [0.1, 0.15) is 22.8 Å². The van der Waals surface area contributed by atoms with E-state index in [9.17, 15) is 8.78 Å². The molecule has 0 saturated carbocycles. The normalized spacial score (nSPS) is 12.0. The lowest BCUT2D eigenvalue weighted by molar-refractivity contribution is 0.627. The Kier molecular flexibility index (Phi) is 9.66. The molecule has 0 bridgehead atoms. The molecule has 16 rings (SSSR count). The standard InChI is InChI=1S/C72H43F2N3O/c73-52-25-15-44(16-26-52)46-19-30-65-58(37-46)60-39-48(21-32-67(60)75(65)54-9-3-1-4-10-54)50-23-34-69-62(41-50)63-42-51(24-35-70(63)77(69)56-29-36-72-64(43-56)57-13-7-8-14-71(57)78-72)49-22-33-68-61(40-49)59-38-47(45-17-27-53(74)28-18-45)20-31-66(59)76(68)55-11-5-2-6-12-55/h1-43H. The maximum absolute atomic E-state index is 14.1. The second-order valence-corrected chi connectivity index (χ2v) is 20.4. The van der Waals surface area contributed by atoms with Gasteiger partial charge < -0.3 is 18.1 Å². The smallest absolute Gasteiger partial charge is 0.135 e. The van der Waals surface area contributed by atoms with Crippen LogP contribution >= 0.6 is 0 Å². The molecule has 12 aromatic carbocycles. The van der Waals surface area contributed by atoms with Gasteiger partial charge in [0.2, 0.25) is 0 Å². The van der Waals surface area contributed by atoms with Crippen molar-refractivity contribution in [2.45, 2.75) is 0 Å². The van der Waals surface area contributed by atoms with Crippen LogP contribution in [0.15, 0.2) is 265 Å².